The predicted molar refractivity (Wildman–Crippen MR) is 72.8 cm³/mol. The van der Waals surface area contributed by atoms with Gasteiger partial charge < -0.3 is 25.7 Å². The molecular formula is C14H11NO6. The summed E-state index contributed by atoms with van der Waals surface area (Å²) in [7, 11) is 0. The zero-order valence-electron chi connectivity index (χ0n) is 10.6. The van der Waals surface area contributed by atoms with Crippen molar-refractivity contribution < 1.29 is 30.0 Å². The van der Waals surface area contributed by atoms with Gasteiger partial charge in [0.1, 0.15) is 17.2 Å². The van der Waals surface area contributed by atoms with Crippen LogP contribution in [0.15, 0.2) is 36.4 Å². The van der Waals surface area contributed by atoms with E-state index in [9.17, 15) is 24.9 Å². The molecule has 0 radical (unpaired) electrons. The van der Waals surface area contributed by atoms with E-state index in [1.807, 2.05) is 0 Å². The summed E-state index contributed by atoms with van der Waals surface area (Å²) in [5, 5.41) is 39.4. The third-order valence-corrected chi connectivity index (χ3v) is 2.66. The Morgan fingerprint density at radius 1 is 0.857 bits per heavy atom. The maximum Gasteiger partial charge on any atom is 0.335 e. The van der Waals surface area contributed by atoms with Crippen LogP contribution in [-0.2, 0) is 0 Å². The van der Waals surface area contributed by atoms with Gasteiger partial charge in [-0.25, -0.2) is 4.79 Å². The molecule has 0 bridgehead atoms. The van der Waals surface area contributed by atoms with Crippen LogP contribution in [0.1, 0.15) is 20.7 Å². The van der Waals surface area contributed by atoms with E-state index in [0.717, 1.165) is 24.3 Å². The van der Waals surface area contributed by atoms with Crippen LogP contribution >= 0.6 is 0 Å². The quantitative estimate of drug-likeness (QED) is 0.548. The van der Waals surface area contributed by atoms with Crippen LogP contribution in [-0.4, -0.2) is 32.3 Å². The minimum Gasteiger partial charge on any atom is -0.508 e. The fraction of sp³-hybridized carbons (Fsp3) is 0. The first-order chi connectivity index (χ1) is 9.86. The van der Waals surface area contributed by atoms with Crippen molar-refractivity contribution in [1.82, 2.24) is 0 Å². The van der Waals surface area contributed by atoms with Gasteiger partial charge in [-0.15, -0.1) is 0 Å². The number of amides is 1. The van der Waals surface area contributed by atoms with E-state index in [4.69, 9.17) is 5.11 Å². The fourth-order valence-electron chi connectivity index (χ4n) is 1.69. The van der Waals surface area contributed by atoms with E-state index >= 15 is 0 Å². The summed E-state index contributed by atoms with van der Waals surface area (Å²) in [4.78, 5) is 22.7. The van der Waals surface area contributed by atoms with Gasteiger partial charge in [0.05, 0.1) is 11.3 Å². The summed E-state index contributed by atoms with van der Waals surface area (Å²) in [5.74, 6) is -2.87. The highest BCUT2D eigenvalue weighted by atomic mass is 16.4. The number of carboxylic acid groups (broad SMARTS) is 1. The third kappa shape index (κ3) is 3.21. The lowest BCUT2D eigenvalue weighted by atomic mass is 10.1. The molecule has 1 amide bonds. The Labute approximate surface area is 118 Å². The number of benzene rings is 2. The van der Waals surface area contributed by atoms with Crippen LogP contribution in [0.25, 0.3) is 0 Å². The molecule has 2 rings (SSSR count). The average Bonchev–Trinajstić information content (AvgIpc) is 2.39. The second kappa shape index (κ2) is 5.41. The lowest BCUT2D eigenvalue weighted by Crippen LogP contribution is -2.12. The summed E-state index contributed by atoms with van der Waals surface area (Å²) in [5.41, 5.74) is -0.137. The Kier molecular flexibility index (Phi) is 3.66. The van der Waals surface area contributed by atoms with Crippen molar-refractivity contribution in [3.05, 3.63) is 47.5 Å². The Morgan fingerprint density at radius 3 is 2.00 bits per heavy atom. The number of carbonyl (C=O) groups excluding carboxylic acids is 1. The normalized spacial score (nSPS) is 10.1. The summed E-state index contributed by atoms with van der Waals surface area (Å²) in [6, 6.07) is 6.79. The van der Waals surface area contributed by atoms with Gasteiger partial charge in [-0.2, -0.15) is 0 Å². The van der Waals surface area contributed by atoms with E-state index in [1.54, 1.807) is 0 Å². The molecule has 0 saturated heterocycles. The summed E-state index contributed by atoms with van der Waals surface area (Å²) >= 11 is 0. The van der Waals surface area contributed by atoms with E-state index in [0.29, 0.717) is 0 Å². The fourth-order valence-corrected chi connectivity index (χ4v) is 1.69. The van der Waals surface area contributed by atoms with Gasteiger partial charge >= 0.3 is 5.97 Å². The summed E-state index contributed by atoms with van der Waals surface area (Å²) in [6.45, 7) is 0. The van der Waals surface area contributed by atoms with Crippen molar-refractivity contribution in [3.8, 4) is 17.2 Å². The van der Waals surface area contributed by atoms with Gasteiger partial charge in [-0.05, 0) is 30.3 Å². The van der Waals surface area contributed by atoms with Crippen LogP contribution in [0.3, 0.4) is 0 Å². The van der Waals surface area contributed by atoms with E-state index in [-0.39, 0.29) is 28.3 Å². The molecule has 0 unspecified atom stereocenters. The maximum atomic E-state index is 11.9. The minimum atomic E-state index is -1.21. The van der Waals surface area contributed by atoms with Gasteiger partial charge in [-0.3, -0.25) is 4.79 Å². The number of hydrogen-bond donors (Lipinski definition) is 5. The van der Waals surface area contributed by atoms with Gasteiger partial charge in [-0.1, -0.05) is 0 Å². The second-order valence-electron chi connectivity index (χ2n) is 4.23. The van der Waals surface area contributed by atoms with Gasteiger partial charge in [0.2, 0.25) is 0 Å². The molecule has 108 valence electrons. The number of nitrogens with one attached hydrogen (secondary N) is 1. The monoisotopic (exact) mass is 289 g/mol. The molecule has 2 aromatic rings. The largest absolute Gasteiger partial charge is 0.508 e. The molecule has 0 heterocycles. The highest BCUT2D eigenvalue weighted by Gasteiger charge is 2.13. The Morgan fingerprint density at radius 2 is 1.48 bits per heavy atom. The first-order valence-electron chi connectivity index (χ1n) is 5.77. The number of aromatic carboxylic acids is 1. The molecule has 0 atom stereocenters. The number of anilines is 1. The molecule has 21 heavy (non-hydrogen) atoms. The number of rotatable bonds is 3. The van der Waals surface area contributed by atoms with Crippen molar-refractivity contribution >= 4 is 17.6 Å². The molecule has 5 N–H and O–H groups in total. The molecular weight excluding hydrogens is 278 g/mol. The van der Waals surface area contributed by atoms with Crippen LogP contribution in [0.2, 0.25) is 0 Å². The Bertz CT molecular complexity index is 705. The van der Waals surface area contributed by atoms with E-state index in [1.165, 1.54) is 12.1 Å². The number of phenols is 3. The second-order valence-corrected chi connectivity index (χ2v) is 4.23. The SMILES string of the molecule is O=C(O)c1ccc(NC(=O)c2cc(O)cc(O)c2)c(O)c1. The molecule has 0 aromatic heterocycles. The zero-order chi connectivity index (χ0) is 15.6. The lowest BCUT2D eigenvalue weighted by molar-refractivity contribution is 0.0696. The average molecular weight is 289 g/mol. The summed E-state index contributed by atoms with van der Waals surface area (Å²) in [6.07, 6.45) is 0. The highest BCUT2D eigenvalue weighted by molar-refractivity contribution is 6.05. The lowest BCUT2D eigenvalue weighted by Gasteiger charge is -2.08. The number of hydrogen-bond acceptors (Lipinski definition) is 5. The van der Waals surface area contributed by atoms with Crippen LogP contribution < -0.4 is 5.32 Å². The smallest absolute Gasteiger partial charge is 0.335 e. The van der Waals surface area contributed by atoms with Gasteiger partial charge in [0, 0.05) is 11.6 Å². The molecule has 0 aliphatic carbocycles. The number of carbonyl (C=O) groups is 2. The Hall–Kier alpha value is -3.22. The molecule has 0 fully saturated rings. The minimum absolute atomic E-state index is 0.00725. The summed E-state index contributed by atoms with van der Waals surface area (Å²) < 4.78 is 0. The van der Waals surface area contributed by atoms with Crippen LogP contribution in [0.5, 0.6) is 17.2 Å². The van der Waals surface area contributed by atoms with Crippen molar-refractivity contribution in [2.75, 3.05) is 5.32 Å². The molecule has 0 spiro atoms. The highest BCUT2D eigenvalue weighted by Crippen LogP contribution is 2.26. The van der Waals surface area contributed by atoms with E-state index < -0.39 is 17.6 Å². The first kappa shape index (κ1) is 14.2. The standard InChI is InChI=1S/C14H11NO6/c16-9-3-8(4-10(17)6-9)13(19)15-11-2-1-7(14(20)21)5-12(11)18/h1-6,16-18H,(H,15,19)(H,20,21). The molecule has 7 nitrogen and oxygen atoms in total. The van der Waals surface area contributed by atoms with Crippen LogP contribution in [0.4, 0.5) is 5.69 Å². The topological polar surface area (TPSA) is 127 Å². The van der Waals surface area contributed by atoms with Crippen molar-refractivity contribution in [3.63, 3.8) is 0 Å². The van der Waals surface area contributed by atoms with Crippen molar-refractivity contribution in [2.45, 2.75) is 0 Å². The molecule has 2 aromatic carbocycles. The molecule has 0 aliphatic heterocycles. The molecule has 0 aliphatic rings. The predicted octanol–water partition coefficient (Wildman–Crippen LogP) is 1.75. The van der Waals surface area contributed by atoms with Gasteiger partial charge in [0.15, 0.2) is 0 Å². The van der Waals surface area contributed by atoms with E-state index in [2.05, 4.69) is 5.32 Å². The zero-order valence-corrected chi connectivity index (χ0v) is 10.6. The first-order valence-corrected chi connectivity index (χ1v) is 5.77. The maximum absolute atomic E-state index is 11.9. The van der Waals surface area contributed by atoms with Crippen LogP contribution in [0, 0.1) is 0 Å². The van der Waals surface area contributed by atoms with Crippen molar-refractivity contribution in [1.29, 1.82) is 0 Å². The number of carboxylic acids is 1. The molecule has 7 heteroatoms. The van der Waals surface area contributed by atoms with Crippen molar-refractivity contribution in [2.24, 2.45) is 0 Å². The Balaban J connectivity index is 2.25. The molecule has 0 saturated carbocycles. The van der Waals surface area contributed by atoms with Gasteiger partial charge in [0.25, 0.3) is 5.91 Å². The number of aromatic hydroxyl groups is 3. The third-order valence-electron chi connectivity index (χ3n) is 2.66. The number of phenolic OH excluding ortho intramolecular Hbond substituents is 3.